The van der Waals surface area contributed by atoms with E-state index in [0.29, 0.717) is 0 Å². The van der Waals surface area contributed by atoms with Crippen LogP contribution in [0.4, 0.5) is 0 Å². The predicted molar refractivity (Wildman–Crippen MR) is 74.9 cm³/mol. The molecule has 0 aliphatic rings. The monoisotopic (exact) mass is 270 g/mol. The molecular weight excluding hydrogens is 244 g/mol. The van der Waals surface area contributed by atoms with E-state index in [9.17, 15) is 19.8 Å². The van der Waals surface area contributed by atoms with E-state index >= 15 is 0 Å². The summed E-state index contributed by atoms with van der Waals surface area (Å²) >= 11 is 0. The van der Waals surface area contributed by atoms with Gasteiger partial charge in [-0.25, -0.2) is 0 Å². The molecule has 2 unspecified atom stereocenters. The third kappa shape index (κ3) is 6.41. The molecule has 4 nitrogen and oxygen atoms in total. The average Bonchev–Trinajstić information content (AvgIpc) is 2.10. The maximum atomic E-state index is 11.4. The van der Waals surface area contributed by atoms with Gasteiger partial charge in [-0.1, -0.05) is 53.7 Å². The van der Waals surface area contributed by atoms with E-state index in [2.05, 4.69) is 0 Å². The standard InChI is InChI=1S/C15H26O4/c1-14(2,3)9-7-8-10(12(16)17)11(13(18)19)15(4,5)6/h7,9-11H,8H2,1-6H3,(H,16,17)(H,18,19)/b9-7+. The zero-order valence-corrected chi connectivity index (χ0v) is 12.7. The summed E-state index contributed by atoms with van der Waals surface area (Å²) in [7, 11) is 0. The molecule has 4 heteroatoms. The number of hydrogen-bond donors (Lipinski definition) is 2. The minimum absolute atomic E-state index is 0.0382. The first-order valence-electron chi connectivity index (χ1n) is 6.49. The van der Waals surface area contributed by atoms with Crippen molar-refractivity contribution in [1.82, 2.24) is 0 Å². The third-order valence-corrected chi connectivity index (χ3v) is 2.93. The number of aliphatic carboxylic acids is 2. The van der Waals surface area contributed by atoms with Crippen LogP contribution in [0.15, 0.2) is 12.2 Å². The minimum Gasteiger partial charge on any atom is -0.481 e. The summed E-state index contributed by atoms with van der Waals surface area (Å²) in [4.78, 5) is 22.7. The third-order valence-electron chi connectivity index (χ3n) is 2.93. The number of hydrogen-bond acceptors (Lipinski definition) is 2. The molecule has 0 radical (unpaired) electrons. The van der Waals surface area contributed by atoms with Crippen molar-refractivity contribution in [2.24, 2.45) is 22.7 Å². The average molecular weight is 270 g/mol. The Morgan fingerprint density at radius 3 is 1.74 bits per heavy atom. The van der Waals surface area contributed by atoms with Crippen molar-refractivity contribution in [1.29, 1.82) is 0 Å². The largest absolute Gasteiger partial charge is 0.481 e. The smallest absolute Gasteiger partial charge is 0.307 e. The van der Waals surface area contributed by atoms with Crippen LogP contribution in [0.5, 0.6) is 0 Å². The Kier molecular flexibility index (Phi) is 5.79. The molecule has 0 aromatic rings. The van der Waals surface area contributed by atoms with Gasteiger partial charge in [0.15, 0.2) is 0 Å². The number of rotatable bonds is 5. The van der Waals surface area contributed by atoms with Crippen molar-refractivity contribution < 1.29 is 19.8 Å². The Morgan fingerprint density at radius 1 is 1.00 bits per heavy atom. The van der Waals surface area contributed by atoms with Crippen LogP contribution in [0.2, 0.25) is 0 Å². The Bertz CT molecular complexity index is 355. The number of carbonyl (C=O) groups is 2. The summed E-state index contributed by atoms with van der Waals surface area (Å²) in [6, 6.07) is 0. The molecular formula is C15H26O4. The fourth-order valence-corrected chi connectivity index (χ4v) is 2.09. The van der Waals surface area contributed by atoms with Crippen LogP contribution in [0.1, 0.15) is 48.0 Å². The van der Waals surface area contributed by atoms with E-state index in [0.717, 1.165) is 0 Å². The molecule has 0 aliphatic carbocycles. The van der Waals surface area contributed by atoms with Crippen molar-refractivity contribution in [3.05, 3.63) is 12.2 Å². The van der Waals surface area contributed by atoms with Crippen molar-refractivity contribution in [3.63, 3.8) is 0 Å². The van der Waals surface area contributed by atoms with Gasteiger partial charge in [-0.15, -0.1) is 0 Å². The summed E-state index contributed by atoms with van der Waals surface area (Å²) in [6.07, 6.45) is 3.94. The molecule has 19 heavy (non-hydrogen) atoms. The molecule has 0 aromatic heterocycles. The van der Waals surface area contributed by atoms with E-state index in [-0.39, 0.29) is 11.8 Å². The van der Waals surface area contributed by atoms with Crippen LogP contribution in [-0.2, 0) is 9.59 Å². The molecule has 0 bridgehead atoms. The van der Waals surface area contributed by atoms with Gasteiger partial charge in [-0.05, 0) is 17.3 Å². The maximum absolute atomic E-state index is 11.4. The molecule has 0 spiro atoms. The summed E-state index contributed by atoms with van der Waals surface area (Å²) in [5.41, 5.74) is -0.631. The maximum Gasteiger partial charge on any atom is 0.307 e. The van der Waals surface area contributed by atoms with Crippen LogP contribution in [0, 0.1) is 22.7 Å². The van der Waals surface area contributed by atoms with E-state index in [1.807, 2.05) is 26.8 Å². The van der Waals surface area contributed by atoms with Crippen LogP contribution >= 0.6 is 0 Å². The van der Waals surface area contributed by atoms with E-state index in [1.165, 1.54) is 0 Å². The van der Waals surface area contributed by atoms with Gasteiger partial charge in [-0.3, -0.25) is 9.59 Å². The van der Waals surface area contributed by atoms with Gasteiger partial charge in [0.05, 0.1) is 11.8 Å². The Morgan fingerprint density at radius 2 is 1.47 bits per heavy atom. The van der Waals surface area contributed by atoms with Gasteiger partial charge in [0.1, 0.15) is 0 Å². The molecule has 0 amide bonds. The van der Waals surface area contributed by atoms with Crippen molar-refractivity contribution in [3.8, 4) is 0 Å². The lowest BCUT2D eigenvalue weighted by Crippen LogP contribution is -2.38. The predicted octanol–water partition coefficient (Wildman–Crippen LogP) is 3.43. The van der Waals surface area contributed by atoms with Gasteiger partial charge in [-0.2, -0.15) is 0 Å². The molecule has 0 saturated carbocycles. The van der Waals surface area contributed by atoms with E-state index in [4.69, 9.17) is 0 Å². The topological polar surface area (TPSA) is 74.6 Å². The molecule has 0 rings (SSSR count). The quantitative estimate of drug-likeness (QED) is 0.750. The fraction of sp³-hybridized carbons (Fsp3) is 0.733. The highest BCUT2D eigenvalue weighted by atomic mass is 16.4. The molecule has 0 heterocycles. The zero-order chi connectivity index (χ0) is 15.4. The highest BCUT2D eigenvalue weighted by Crippen LogP contribution is 2.35. The minimum atomic E-state index is -1.05. The lowest BCUT2D eigenvalue weighted by Gasteiger charge is -2.31. The fourth-order valence-electron chi connectivity index (χ4n) is 2.09. The van der Waals surface area contributed by atoms with Gasteiger partial charge >= 0.3 is 11.9 Å². The Hall–Kier alpha value is -1.32. The Balaban J connectivity index is 5.15. The summed E-state index contributed by atoms with van der Waals surface area (Å²) in [5.74, 6) is -3.92. The highest BCUT2D eigenvalue weighted by molar-refractivity contribution is 5.80. The van der Waals surface area contributed by atoms with Gasteiger partial charge < -0.3 is 10.2 Å². The van der Waals surface area contributed by atoms with Gasteiger partial charge in [0.25, 0.3) is 0 Å². The van der Waals surface area contributed by atoms with Crippen LogP contribution < -0.4 is 0 Å². The molecule has 2 N–H and O–H groups in total. The number of allylic oxidation sites excluding steroid dienone is 2. The molecule has 0 fully saturated rings. The molecule has 2 atom stereocenters. The second-order valence-electron chi connectivity index (χ2n) is 7.13. The van der Waals surface area contributed by atoms with Crippen LogP contribution in [0.25, 0.3) is 0 Å². The first-order chi connectivity index (χ1) is 8.36. The van der Waals surface area contributed by atoms with Gasteiger partial charge in [0.2, 0.25) is 0 Å². The normalized spacial score (nSPS) is 16.3. The highest BCUT2D eigenvalue weighted by Gasteiger charge is 2.41. The van der Waals surface area contributed by atoms with E-state index in [1.54, 1.807) is 26.8 Å². The first-order valence-corrected chi connectivity index (χ1v) is 6.49. The SMILES string of the molecule is CC(C)(C)/C=C/CC(C(=O)O)C(C(=O)O)C(C)(C)C. The summed E-state index contributed by atoms with van der Waals surface area (Å²) in [5, 5.41) is 18.6. The second kappa shape index (κ2) is 6.22. The molecule has 0 aromatic carbocycles. The molecule has 110 valence electrons. The van der Waals surface area contributed by atoms with Crippen LogP contribution in [0.3, 0.4) is 0 Å². The van der Waals surface area contributed by atoms with Crippen molar-refractivity contribution in [2.75, 3.05) is 0 Å². The lowest BCUT2D eigenvalue weighted by molar-refractivity contribution is -0.158. The second-order valence-corrected chi connectivity index (χ2v) is 7.13. The van der Waals surface area contributed by atoms with Crippen molar-refractivity contribution >= 4 is 11.9 Å². The number of carboxylic acid groups (broad SMARTS) is 2. The summed E-state index contributed by atoms with van der Waals surface area (Å²) in [6.45, 7) is 11.3. The summed E-state index contributed by atoms with van der Waals surface area (Å²) < 4.78 is 0. The Labute approximate surface area is 115 Å². The number of carboxylic acids is 2. The van der Waals surface area contributed by atoms with Crippen LogP contribution in [-0.4, -0.2) is 22.2 Å². The molecule has 0 aliphatic heterocycles. The van der Waals surface area contributed by atoms with E-state index < -0.39 is 29.2 Å². The van der Waals surface area contributed by atoms with Crippen molar-refractivity contribution in [2.45, 2.75) is 48.0 Å². The van der Waals surface area contributed by atoms with Gasteiger partial charge in [0, 0.05) is 0 Å². The molecule has 0 saturated heterocycles. The zero-order valence-electron chi connectivity index (χ0n) is 12.7. The lowest BCUT2D eigenvalue weighted by atomic mass is 9.72. The first kappa shape index (κ1) is 17.7.